The molecule has 2 aliphatic rings. The number of carbonyl (C=O) groups is 1. The van der Waals surface area contributed by atoms with Gasteiger partial charge in [0, 0.05) is 6.92 Å². The summed E-state index contributed by atoms with van der Waals surface area (Å²) in [6.45, 7) is 0.00649. The number of aliphatic hydroxyl groups excluding tert-OH is 7. The lowest BCUT2D eigenvalue weighted by Crippen LogP contribution is -2.63. The summed E-state index contributed by atoms with van der Waals surface area (Å²) < 4.78 is 20.3. The largest absolute Gasteiger partial charge is 0.463 e. The average molecular weight is 384 g/mol. The van der Waals surface area contributed by atoms with Crippen LogP contribution in [0, 0.1) is 0 Å². The number of esters is 1. The van der Waals surface area contributed by atoms with Gasteiger partial charge < -0.3 is 54.7 Å². The smallest absolute Gasteiger partial charge is 0.302 e. The first-order valence-electron chi connectivity index (χ1n) is 7.96. The summed E-state index contributed by atoms with van der Waals surface area (Å²) in [5.74, 6) is -0.659. The van der Waals surface area contributed by atoms with Crippen LogP contribution in [0.5, 0.6) is 0 Å². The molecule has 0 spiro atoms. The van der Waals surface area contributed by atoms with Gasteiger partial charge in [-0.25, -0.2) is 0 Å². The van der Waals surface area contributed by atoms with Crippen LogP contribution in [-0.4, -0.2) is 116 Å². The van der Waals surface area contributed by atoms with Gasteiger partial charge in [-0.2, -0.15) is 0 Å². The quantitative estimate of drug-likeness (QED) is 0.224. The number of carbonyl (C=O) groups excluding carboxylic acids is 1. The van der Waals surface area contributed by atoms with E-state index in [1.807, 2.05) is 0 Å². The van der Waals surface area contributed by atoms with Crippen LogP contribution in [0.2, 0.25) is 0 Å². The lowest BCUT2D eigenvalue weighted by Gasteiger charge is -2.44. The molecule has 9 unspecified atom stereocenters. The molecule has 0 aromatic heterocycles. The molecule has 7 N–H and O–H groups in total. The fourth-order valence-electron chi connectivity index (χ4n) is 2.68. The predicted octanol–water partition coefficient (Wildman–Crippen LogP) is -4.83. The van der Waals surface area contributed by atoms with Gasteiger partial charge >= 0.3 is 5.97 Å². The zero-order valence-electron chi connectivity index (χ0n) is 13.9. The third kappa shape index (κ3) is 4.48. The van der Waals surface area contributed by atoms with Crippen LogP contribution in [0.15, 0.2) is 0 Å². The second-order valence-corrected chi connectivity index (χ2v) is 6.15. The maximum absolute atomic E-state index is 10.9. The predicted molar refractivity (Wildman–Crippen MR) is 78.2 cm³/mol. The molecule has 2 rings (SSSR count). The summed E-state index contributed by atoms with van der Waals surface area (Å²) in [7, 11) is 0. The highest BCUT2D eigenvalue weighted by Gasteiger charge is 2.49. The zero-order valence-corrected chi connectivity index (χ0v) is 13.9. The lowest BCUT2D eigenvalue weighted by molar-refractivity contribution is -0.376. The Kier molecular flexibility index (Phi) is 7.27. The second kappa shape index (κ2) is 8.84. The van der Waals surface area contributed by atoms with Crippen molar-refractivity contribution in [3.63, 3.8) is 0 Å². The molecule has 0 radical (unpaired) electrons. The first kappa shape index (κ1) is 21.4. The van der Waals surface area contributed by atoms with Crippen molar-refractivity contribution in [3.05, 3.63) is 0 Å². The van der Waals surface area contributed by atoms with E-state index in [1.54, 1.807) is 0 Å². The summed E-state index contributed by atoms with van der Waals surface area (Å²) in [5.41, 5.74) is 0. The van der Waals surface area contributed by atoms with Crippen LogP contribution in [0.25, 0.3) is 0 Å². The van der Waals surface area contributed by atoms with Gasteiger partial charge in [-0.15, -0.1) is 0 Å². The molecule has 2 fully saturated rings. The van der Waals surface area contributed by atoms with Crippen LogP contribution >= 0.6 is 0 Å². The van der Waals surface area contributed by atoms with Crippen molar-refractivity contribution < 1.29 is 59.5 Å². The topological polar surface area (TPSA) is 196 Å². The summed E-state index contributed by atoms with van der Waals surface area (Å²) in [4.78, 5) is 10.9. The number of ether oxygens (including phenoxy) is 4. The third-order valence-corrected chi connectivity index (χ3v) is 4.24. The Morgan fingerprint density at radius 2 is 1.27 bits per heavy atom. The van der Waals surface area contributed by atoms with E-state index in [9.17, 15) is 35.4 Å². The van der Waals surface area contributed by atoms with Crippen molar-refractivity contribution >= 4 is 5.97 Å². The van der Waals surface area contributed by atoms with Crippen molar-refractivity contribution in [3.8, 4) is 0 Å². The second-order valence-electron chi connectivity index (χ2n) is 6.15. The van der Waals surface area contributed by atoms with E-state index >= 15 is 0 Å². The lowest BCUT2D eigenvalue weighted by atomic mass is 9.98. The van der Waals surface area contributed by atoms with Gasteiger partial charge in [0.1, 0.15) is 55.4 Å². The highest BCUT2D eigenvalue weighted by atomic mass is 16.8. The maximum atomic E-state index is 10.9. The maximum Gasteiger partial charge on any atom is 0.302 e. The molecule has 0 aliphatic carbocycles. The minimum atomic E-state index is -1.76. The van der Waals surface area contributed by atoms with Crippen molar-refractivity contribution in [2.75, 3.05) is 13.2 Å². The van der Waals surface area contributed by atoms with Gasteiger partial charge in [0.2, 0.25) is 0 Å². The minimum Gasteiger partial charge on any atom is -0.463 e. The van der Waals surface area contributed by atoms with Crippen molar-refractivity contribution in [2.24, 2.45) is 0 Å². The molecule has 12 nitrogen and oxygen atoms in total. The van der Waals surface area contributed by atoms with Crippen molar-refractivity contribution in [2.45, 2.75) is 68.3 Å². The molecular formula is C14H24O12. The summed E-state index contributed by atoms with van der Waals surface area (Å²) in [6, 6.07) is 0. The molecule has 0 saturated carbocycles. The summed E-state index contributed by atoms with van der Waals surface area (Å²) in [6.07, 6.45) is -15.9. The summed E-state index contributed by atoms with van der Waals surface area (Å²) >= 11 is 0. The Morgan fingerprint density at radius 3 is 1.73 bits per heavy atom. The minimum absolute atomic E-state index is 0.436. The van der Waals surface area contributed by atoms with Gasteiger partial charge in [-0.05, 0) is 0 Å². The molecule has 2 aliphatic heterocycles. The van der Waals surface area contributed by atoms with Gasteiger partial charge in [-0.3, -0.25) is 4.79 Å². The number of hydrogen-bond donors (Lipinski definition) is 7. The first-order valence-corrected chi connectivity index (χ1v) is 7.96. The molecule has 0 aromatic carbocycles. The number of rotatable bonds is 5. The van der Waals surface area contributed by atoms with Crippen LogP contribution in [0.1, 0.15) is 6.92 Å². The molecule has 10 atom stereocenters. The molecule has 0 bridgehead atoms. The Balaban J connectivity index is 2.07. The van der Waals surface area contributed by atoms with Crippen LogP contribution in [-0.2, 0) is 23.7 Å². The molecular weight excluding hydrogens is 360 g/mol. The molecule has 26 heavy (non-hydrogen) atoms. The van der Waals surface area contributed by atoms with E-state index in [0.717, 1.165) is 6.92 Å². The highest BCUT2D eigenvalue weighted by molar-refractivity contribution is 5.65. The Labute approximate surface area is 148 Å². The SMILES string of the molecule is CC(=O)OCC1OC(OC2OC(CO)C(O)C(O)C2O)C(O)[C@@H](O)C1O. The van der Waals surface area contributed by atoms with Gasteiger partial charge in [0.25, 0.3) is 0 Å². The standard InChI is InChI=1S/C14H24O12/c1-4(16)23-3-6-8(18)10(20)12(22)14(25-6)26-13-11(21)9(19)7(17)5(2-15)24-13/h5-15,17-22H,2-3H2,1H3/t5?,6?,7?,8?,9?,10-,11?,12?,13?,14?/m0/s1. The van der Waals surface area contributed by atoms with E-state index in [-0.39, 0.29) is 0 Å². The highest BCUT2D eigenvalue weighted by Crippen LogP contribution is 2.28. The van der Waals surface area contributed by atoms with Crippen molar-refractivity contribution in [1.82, 2.24) is 0 Å². The molecule has 12 heteroatoms. The zero-order chi connectivity index (χ0) is 19.6. The Morgan fingerprint density at radius 1 is 0.808 bits per heavy atom. The fourth-order valence-corrected chi connectivity index (χ4v) is 2.68. The van der Waals surface area contributed by atoms with Gasteiger partial charge in [-0.1, -0.05) is 0 Å². The first-order chi connectivity index (χ1) is 12.2. The van der Waals surface area contributed by atoms with Gasteiger partial charge in [0.15, 0.2) is 12.6 Å². The number of aliphatic hydroxyl groups is 7. The molecule has 152 valence electrons. The molecule has 0 aromatic rings. The normalized spacial score (nSPS) is 46.8. The Hall–Kier alpha value is -0.930. The number of hydrogen-bond acceptors (Lipinski definition) is 12. The van der Waals surface area contributed by atoms with Crippen LogP contribution in [0.3, 0.4) is 0 Å². The monoisotopic (exact) mass is 384 g/mol. The van der Waals surface area contributed by atoms with Crippen molar-refractivity contribution in [1.29, 1.82) is 0 Å². The van der Waals surface area contributed by atoms with E-state index in [4.69, 9.17) is 24.1 Å². The van der Waals surface area contributed by atoms with Crippen LogP contribution < -0.4 is 0 Å². The van der Waals surface area contributed by atoms with Gasteiger partial charge in [0.05, 0.1) is 6.61 Å². The third-order valence-electron chi connectivity index (χ3n) is 4.24. The fraction of sp³-hybridized carbons (Fsp3) is 0.929. The van der Waals surface area contributed by atoms with E-state index in [1.165, 1.54) is 0 Å². The summed E-state index contributed by atoms with van der Waals surface area (Å²) in [5, 5.41) is 68.3. The van der Waals surface area contributed by atoms with Crippen LogP contribution in [0.4, 0.5) is 0 Å². The van der Waals surface area contributed by atoms with E-state index in [0.29, 0.717) is 0 Å². The molecule has 2 saturated heterocycles. The molecule has 2 heterocycles. The van der Waals surface area contributed by atoms with E-state index < -0.39 is 80.6 Å². The molecule has 0 amide bonds. The Bertz CT molecular complexity index is 473. The van der Waals surface area contributed by atoms with E-state index in [2.05, 4.69) is 0 Å². The average Bonchev–Trinajstić information content (AvgIpc) is 2.61.